The summed E-state index contributed by atoms with van der Waals surface area (Å²) in [6, 6.07) is 8.50. The second-order valence-corrected chi connectivity index (χ2v) is 7.97. The molecule has 0 amide bonds. The van der Waals surface area contributed by atoms with E-state index in [-0.39, 0.29) is 0 Å². The molecular formula is C19H26N3S+. The van der Waals surface area contributed by atoms with Gasteiger partial charge in [0.2, 0.25) is 0 Å². The lowest BCUT2D eigenvalue weighted by atomic mass is 9.86. The molecule has 1 aromatic heterocycles. The van der Waals surface area contributed by atoms with Crippen LogP contribution in [0.3, 0.4) is 0 Å². The standard InChI is InChI=1S/C13H14N2S.C6H12N/c1-2-5-11-10(4-1)14-12(16-11)13-6-3-8-15(13)9-7-13;1-2-4-6-7-5-3-1/h1-2,4-5H,3,6-9H2;1-6H2/q+1;. The molecule has 122 valence electrons. The maximum absolute atomic E-state index is 4.85. The van der Waals surface area contributed by atoms with Crippen molar-refractivity contribution in [3.63, 3.8) is 0 Å². The van der Waals surface area contributed by atoms with Crippen molar-refractivity contribution in [1.29, 1.82) is 0 Å². The van der Waals surface area contributed by atoms with Crippen LogP contribution in [0.25, 0.3) is 10.2 Å². The highest BCUT2D eigenvalue weighted by Gasteiger charge is 2.60. The van der Waals surface area contributed by atoms with Crippen LogP contribution in [0.5, 0.6) is 0 Å². The van der Waals surface area contributed by atoms with E-state index in [9.17, 15) is 0 Å². The number of hydrogen-bond donors (Lipinski definition) is 0. The van der Waals surface area contributed by atoms with Crippen LogP contribution in [-0.4, -0.2) is 31.2 Å². The van der Waals surface area contributed by atoms with Crippen molar-refractivity contribution in [1.82, 2.24) is 15.2 Å². The molecule has 3 saturated heterocycles. The molecule has 2 radical (unpaired) electrons. The molecule has 1 unspecified atom stereocenters. The van der Waals surface area contributed by atoms with E-state index in [4.69, 9.17) is 4.98 Å². The van der Waals surface area contributed by atoms with Crippen molar-refractivity contribution in [3.8, 4) is 0 Å². The SMILES string of the molecule is C1CCC[N]CC1.c1ccc2sc(C34CCC[N+]3CC4)nc2c1. The van der Waals surface area contributed by atoms with Crippen molar-refractivity contribution >= 4 is 21.6 Å². The molecule has 3 aliphatic rings. The van der Waals surface area contributed by atoms with Gasteiger partial charge in [0.15, 0.2) is 10.5 Å². The van der Waals surface area contributed by atoms with E-state index >= 15 is 0 Å². The lowest BCUT2D eigenvalue weighted by Crippen LogP contribution is -2.57. The van der Waals surface area contributed by atoms with E-state index < -0.39 is 0 Å². The number of rotatable bonds is 1. The Bertz CT molecular complexity index is 600. The highest BCUT2D eigenvalue weighted by molar-refractivity contribution is 7.18. The third-order valence-corrected chi connectivity index (χ3v) is 6.72. The second kappa shape index (κ2) is 6.88. The molecule has 3 aliphatic heterocycles. The van der Waals surface area contributed by atoms with Crippen LogP contribution in [0.1, 0.15) is 50.0 Å². The molecule has 0 spiro atoms. The maximum atomic E-state index is 4.85. The first kappa shape index (κ1) is 15.6. The van der Waals surface area contributed by atoms with Gasteiger partial charge in [0, 0.05) is 25.9 Å². The molecule has 0 aliphatic carbocycles. The van der Waals surface area contributed by atoms with E-state index in [1.807, 2.05) is 11.3 Å². The summed E-state index contributed by atoms with van der Waals surface area (Å²) in [4.78, 5) is 7.46. The summed E-state index contributed by atoms with van der Waals surface area (Å²) in [6.45, 7) is 4.80. The van der Waals surface area contributed by atoms with E-state index in [0.29, 0.717) is 5.54 Å². The van der Waals surface area contributed by atoms with Crippen molar-refractivity contribution < 1.29 is 0 Å². The van der Waals surface area contributed by atoms with Gasteiger partial charge in [-0.3, -0.25) is 0 Å². The van der Waals surface area contributed by atoms with Crippen molar-refractivity contribution in [2.45, 2.75) is 50.5 Å². The lowest BCUT2D eigenvalue weighted by molar-refractivity contribution is 0.121. The summed E-state index contributed by atoms with van der Waals surface area (Å²) in [7, 11) is 0. The van der Waals surface area contributed by atoms with Crippen LogP contribution >= 0.6 is 11.3 Å². The number of nitrogens with zero attached hydrogens (tertiary/aromatic N) is 3. The molecule has 4 heterocycles. The number of para-hydroxylation sites is 1. The second-order valence-electron chi connectivity index (χ2n) is 6.94. The third kappa shape index (κ3) is 3.04. The Morgan fingerprint density at radius 2 is 1.74 bits per heavy atom. The van der Waals surface area contributed by atoms with Crippen LogP contribution in [0, 0.1) is 0 Å². The molecule has 5 rings (SSSR count). The lowest BCUT2D eigenvalue weighted by Gasteiger charge is -2.36. The van der Waals surface area contributed by atoms with Crippen LogP contribution in [0.15, 0.2) is 24.3 Å². The Balaban J connectivity index is 0.000000164. The summed E-state index contributed by atoms with van der Waals surface area (Å²) < 4.78 is 1.34. The Labute approximate surface area is 143 Å². The topological polar surface area (TPSA) is 32.9 Å². The van der Waals surface area contributed by atoms with Crippen molar-refractivity contribution in [3.05, 3.63) is 29.3 Å². The van der Waals surface area contributed by atoms with Crippen molar-refractivity contribution in [2.24, 2.45) is 0 Å². The number of thiazole rings is 1. The van der Waals surface area contributed by atoms with Crippen LogP contribution in [0.4, 0.5) is 0 Å². The van der Waals surface area contributed by atoms with E-state index in [2.05, 4.69) is 34.5 Å². The molecule has 0 bridgehead atoms. The number of aromatic nitrogens is 1. The predicted molar refractivity (Wildman–Crippen MR) is 97.4 cm³/mol. The average molecular weight is 329 g/mol. The fourth-order valence-corrected chi connectivity index (χ4v) is 5.28. The van der Waals surface area contributed by atoms with Gasteiger partial charge in [-0.15, -0.1) is 11.3 Å². The first-order valence-corrected chi connectivity index (χ1v) is 9.94. The van der Waals surface area contributed by atoms with Gasteiger partial charge in [-0.25, -0.2) is 10.3 Å². The fraction of sp³-hybridized carbons (Fsp3) is 0.632. The summed E-state index contributed by atoms with van der Waals surface area (Å²) in [5.74, 6) is 0. The maximum Gasteiger partial charge on any atom is 0.200 e. The minimum atomic E-state index is 0.337. The Kier molecular flexibility index (Phi) is 4.65. The Morgan fingerprint density at radius 3 is 2.43 bits per heavy atom. The highest BCUT2D eigenvalue weighted by Crippen LogP contribution is 2.48. The molecule has 1 aromatic carbocycles. The smallest absolute Gasteiger partial charge is 0.200 e. The Morgan fingerprint density at radius 1 is 0.913 bits per heavy atom. The zero-order chi connectivity index (χ0) is 15.5. The molecule has 0 saturated carbocycles. The minimum Gasteiger partial charge on any atom is -0.242 e. The molecule has 0 N–H and O–H groups in total. The largest absolute Gasteiger partial charge is 0.242 e. The average Bonchev–Trinajstić information content (AvgIpc) is 2.95. The summed E-state index contributed by atoms with van der Waals surface area (Å²) in [6.07, 6.45) is 9.45. The fourth-order valence-electron chi connectivity index (χ4n) is 4.04. The molecule has 4 heteroatoms. The molecule has 1 atom stereocenters. The quantitative estimate of drug-likeness (QED) is 0.729. The van der Waals surface area contributed by atoms with E-state index in [1.54, 1.807) is 0 Å². The van der Waals surface area contributed by atoms with Gasteiger partial charge in [-0.1, -0.05) is 25.0 Å². The Hall–Kier alpha value is -0.970. The predicted octanol–water partition coefficient (Wildman–Crippen LogP) is 3.99. The van der Waals surface area contributed by atoms with Gasteiger partial charge in [-0.05, 0) is 25.0 Å². The summed E-state index contributed by atoms with van der Waals surface area (Å²) in [5.41, 5.74) is 1.51. The first-order chi connectivity index (χ1) is 11.4. The van der Waals surface area contributed by atoms with Crippen LogP contribution in [0.2, 0.25) is 0 Å². The molecule has 3 nitrogen and oxygen atoms in total. The monoisotopic (exact) mass is 328 g/mol. The van der Waals surface area contributed by atoms with Gasteiger partial charge in [-0.2, -0.15) is 4.90 Å². The number of fused-ring (bicyclic) bond motifs is 2. The zero-order valence-corrected chi connectivity index (χ0v) is 14.7. The molecule has 23 heavy (non-hydrogen) atoms. The van der Waals surface area contributed by atoms with Gasteiger partial charge in [0.1, 0.15) is 13.1 Å². The normalized spacial score (nSPS) is 27.7. The number of benzene rings is 1. The van der Waals surface area contributed by atoms with Gasteiger partial charge in [0.25, 0.3) is 0 Å². The first-order valence-electron chi connectivity index (χ1n) is 9.13. The molecular weight excluding hydrogens is 302 g/mol. The van der Waals surface area contributed by atoms with E-state index in [1.165, 1.54) is 73.3 Å². The van der Waals surface area contributed by atoms with Gasteiger partial charge in [0.05, 0.1) is 16.6 Å². The molecule has 3 fully saturated rings. The molecule has 2 aromatic rings. The van der Waals surface area contributed by atoms with Crippen LogP contribution in [-0.2, 0) is 5.54 Å². The third-order valence-electron chi connectivity index (χ3n) is 5.49. The van der Waals surface area contributed by atoms with Crippen LogP contribution < -0.4 is 10.2 Å². The highest BCUT2D eigenvalue weighted by atomic mass is 32.1. The van der Waals surface area contributed by atoms with E-state index in [0.717, 1.165) is 13.1 Å². The van der Waals surface area contributed by atoms with Crippen molar-refractivity contribution in [2.75, 3.05) is 26.2 Å². The van der Waals surface area contributed by atoms with Gasteiger partial charge >= 0.3 is 0 Å². The van der Waals surface area contributed by atoms with Gasteiger partial charge < -0.3 is 0 Å². The summed E-state index contributed by atoms with van der Waals surface area (Å²) >= 11 is 1.90. The zero-order valence-electron chi connectivity index (χ0n) is 13.8. The minimum absolute atomic E-state index is 0.337. The summed E-state index contributed by atoms with van der Waals surface area (Å²) in [5, 5.41) is 5.63. The number of hydrogen-bond acceptors (Lipinski definition) is 3.